The van der Waals surface area contributed by atoms with E-state index in [4.69, 9.17) is 26.2 Å². The van der Waals surface area contributed by atoms with Crippen LogP contribution in [0.5, 0.6) is 11.5 Å². The number of anilines is 1. The van der Waals surface area contributed by atoms with Crippen LogP contribution in [0.15, 0.2) is 47.5 Å². The molecule has 2 fully saturated rings. The van der Waals surface area contributed by atoms with Gasteiger partial charge >= 0.3 is 5.97 Å². The SMILES string of the molecule is Cc1cccc(Oc2ccc(Cl)cc2N2C(=NC(=O)COCC(=O)O)S[C@@H]3CS(=O)(=O)C[C@H]32)c1. The molecule has 2 atom stereocenters. The molecule has 2 saturated heterocycles. The van der Waals surface area contributed by atoms with E-state index >= 15 is 0 Å². The monoisotopic (exact) mass is 524 g/mol. The highest BCUT2D eigenvalue weighted by Gasteiger charge is 2.50. The molecule has 0 saturated carbocycles. The lowest BCUT2D eigenvalue weighted by molar-refractivity contribution is -0.143. The van der Waals surface area contributed by atoms with E-state index in [0.717, 1.165) is 5.56 Å². The number of carbonyl (C=O) groups is 2. The van der Waals surface area contributed by atoms with Crippen molar-refractivity contribution in [1.82, 2.24) is 0 Å². The number of benzene rings is 2. The summed E-state index contributed by atoms with van der Waals surface area (Å²) in [5.41, 5.74) is 1.48. The van der Waals surface area contributed by atoms with E-state index in [0.29, 0.717) is 22.2 Å². The maximum atomic E-state index is 12.4. The van der Waals surface area contributed by atoms with Gasteiger partial charge in [0.05, 0.1) is 23.2 Å². The number of hydrogen-bond donors (Lipinski definition) is 1. The number of aliphatic imine (C=N–C) groups is 1. The fraction of sp³-hybridized carbons (Fsp3) is 0.318. The molecular formula is C22H21ClN2O7S2. The smallest absolute Gasteiger partial charge is 0.329 e. The number of carboxylic acids is 1. The number of amidine groups is 1. The van der Waals surface area contributed by atoms with E-state index in [-0.39, 0.29) is 21.9 Å². The molecule has 1 N–H and O–H groups in total. The first-order valence-electron chi connectivity index (χ1n) is 10.2. The Hall–Kier alpha value is -2.60. The van der Waals surface area contributed by atoms with Crippen LogP contribution in [0.1, 0.15) is 5.56 Å². The largest absolute Gasteiger partial charge is 0.480 e. The average Bonchev–Trinajstić information content (AvgIpc) is 3.19. The van der Waals surface area contributed by atoms with Gasteiger partial charge in [-0.1, -0.05) is 35.5 Å². The van der Waals surface area contributed by atoms with Crippen molar-refractivity contribution in [2.24, 2.45) is 4.99 Å². The van der Waals surface area contributed by atoms with Crippen LogP contribution >= 0.6 is 23.4 Å². The lowest BCUT2D eigenvalue weighted by atomic mass is 10.2. The van der Waals surface area contributed by atoms with Crippen LogP contribution in [-0.4, -0.2) is 66.6 Å². The van der Waals surface area contributed by atoms with Gasteiger partial charge in [-0.3, -0.25) is 4.79 Å². The van der Waals surface area contributed by atoms with Gasteiger partial charge in [-0.15, -0.1) is 0 Å². The summed E-state index contributed by atoms with van der Waals surface area (Å²) in [6.07, 6.45) is 0. The Balaban J connectivity index is 1.71. The van der Waals surface area contributed by atoms with Crippen molar-refractivity contribution >= 4 is 55.9 Å². The lowest BCUT2D eigenvalue weighted by Crippen LogP contribution is -2.38. The predicted octanol–water partition coefficient (Wildman–Crippen LogP) is 3.14. The minimum absolute atomic E-state index is 0.0454. The Kier molecular flexibility index (Phi) is 7.17. The average molecular weight is 525 g/mol. The highest BCUT2D eigenvalue weighted by molar-refractivity contribution is 8.16. The Bertz CT molecular complexity index is 1270. The second kappa shape index (κ2) is 9.95. The number of halogens is 1. The number of rotatable bonds is 7. The summed E-state index contributed by atoms with van der Waals surface area (Å²) in [6, 6.07) is 11.9. The van der Waals surface area contributed by atoms with Crippen LogP contribution in [0.4, 0.5) is 5.69 Å². The number of aliphatic carboxylic acids is 1. The molecule has 12 heteroatoms. The lowest BCUT2D eigenvalue weighted by Gasteiger charge is -2.26. The maximum absolute atomic E-state index is 12.4. The summed E-state index contributed by atoms with van der Waals surface area (Å²) in [7, 11) is -3.28. The van der Waals surface area contributed by atoms with Gasteiger partial charge in [0.15, 0.2) is 20.8 Å². The fourth-order valence-corrected chi connectivity index (χ4v) is 7.87. The highest BCUT2D eigenvalue weighted by atomic mass is 35.5. The van der Waals surface area contributed by atoms with Gasteiger partial charge in [-0.25, -0.2) is 13.2 Å². The standard InChI is InChI=1S/C22H21ClN2O7S2/c1-13-3-2-4-15(7-13)32-18-6-5-14(23)8-16(18)25-17-11-34(29,30)12-19(17)33-22(25)24-20(26)9-31-10-21(27)28/h2-8,17,19H,9-12H2,1H3,(H,27,28)/t17-,19-/m1/s1. The molecule has 180 valence electrons. The summed E-state index contributed by atoms with van der Waals surface area (Å²) >= 11 is 7.47. The molecular weight excluding hydrogens is 504 g/mol. The molecule has 1 amide bonds. The maximum Gasteiger partial charge on any atom is 0.329 e. The molecule has 0 unspecified atom stereocenters. The van der Waals surface area contributed by atoms with Gasteiger partial charge in [0.2, 0.25) is 0 Å². The molecule has 9 nitrogen and oxygen atoms in total. The first-order valence-corrected chi connectivity index (χ1v) is 13.3. The minimum atomic E-state index is -3.28. The number of hydrogen-bond acceptors (Lipinski definition) is 7. The van der Waals surface area contributed by atoms with Crippen LogP contribution in [0, 0.1) is 6.92 Å². The fourth-order valence-electron chi connectivity index (χ4n) is 3.78. The van der Waals surface area contributed by atoms with Gasteiger partial charge in [0.1, 0.15) is 19.0 Å². The molecule has 0 bridgehead atoms. The van der Waals surface area contributed by atoms with Crippen molar-refractivity contribution < 1.29 is 32.6 Å². The van der Waals surface area contributed by atoms with Crippen molar-refractivity contribution in [2.45, 2.75) is 18.2 Å². The molecule has 0 spiro atoms. The molecule has 0 aliphatic carbocycles. The zero-order valence-electron chi connectivity index (χ0n) is 18.0. The molecule has 4 rings (SSSR count). The van der Waals surface area contributed by atoms with E-state index < -0.39 is 41.0 Å². The molecule has 2 aliphatic rings. The first-order chi connectivity index (χ1) is 16.1. The molecule has 2 heterocycles. The van der Waals surface area contributed by atoms with Crippen LogP contribution in [0.3, 0.4) is 0 Å². The Morgan fingerprint density at radius 2 is 2.00 bits per heavy atom. The van der Waals surface area contributed by atoms with E-state index in [2.05, 4.69) is 4.99 Å². The molecule has 2 aromatic carbocycles. The van der Waals surface area contributed by atoms with Crippen LogP contribution in [0.2, 0.25) is 5.02 Å². The number of nitrogens with zero attached hydrogens (tertiary/aromatic N) is 2. The van der Waals surface area contributed by atoms with Gasteiger partial charge in [0.25, 0.3) is 5.91 Å². The third-order valence-corrected chi connectivity index (χ3v) is 8.58. The summed E-state index contributed by atoms with van der Waals surface area (Å²) in [5.74, 6) is -1.03. The molecule has 2 aromatic rings. The summed E-state index contributed by atoms with van der Waals surface area (Å²) in [6.45, 7) is 0.795. The Labute approximate surface area is 205 Å². The van der Waals surface area contributed by atoms with Crippen molar-refractivity contribution in [3.05, 3.63) is 53.1 Å². The number of aryl methyl sites for hydroxylation is 1. The molecule has 34 heavy (non-hydrogen) atoms. The zero-order valence-corrected chi connectivity index (χ0v) is 20.4. The van der Waals surface area contributed by atoms with E-state index in [1.807, 2.05) is 25.1 Å². The van der Waals surface area contributed by atoms with E-state index in [9.17, 15) is 18.0 Å². The number of carbonyl (C=O) groups excluding carboxylic acids is 1. The predicted molar refractivity (Wildman–Crippen MR) is 130 cm³/mol. The van der Waals surface area contributed by atoms with Gasteiger partial charge in [-0.05, 0) is 42.8 Å². The van der Waals surface area contributed by atoms with Crippen molar-refractivity contribution in [3.63, 3.8) is 0 Å². The number of carboxylic acid groups (broad SMARTS) is 1. The van der Waals surface area contributed by atoms with Crippen molar-refractivity contribution in [1.29, 1.82) is 0 Å². The molecule has 0 aromatic heterocycles. The van der Waals surface area contributed by atoms with Gasteiger partial charge in [-0.2, -0.15) is 4.99 Å². The van der Waals surface area contributed by atoms with E-state index in [1.165, 1.54) is 11.8 Å². The van der Waals surface area contributed by atoms with Crippen LogP contribution in [0.25, 0.3) is 0 Å². The van der Waals surface area contributed by atoms with Gasteiger partial charge in [0, 0.05) is 10.3 Å². The quantitative estimate of drug-likeness (QED) is 0.581. The van der Waals surface area contributed by atoms with Crippen LogP contribution < -0.4 is 9.64 Å². The Morgan fingerprint density at radius 1 is 1.21 bits per heavy atom. The number of sulfone groups is 1. The molecule has 2 aliphatic heterocycles. The van der Waals surface area contributed by atoms with Crippen LogP contribution in [-0.2, 0) is 24.2 Å². The minimum Gasteiger partial charge on any atom is -0.480 e. The molecule has 0 radical (unpaired) electrons. The van der Waals surface area contributed by atoms with Crippen molar-refractivity contribution in [3.8, 4) is 11.5 Å². The second-order valence-electron chi connectivity index (χ2n) is 7.88. The third-order valence-electron chi connectivity index (χ3n) is 5.14. The summed E-state index contributed by atoms with van der Waals surface area (Å²) in [5, 5.41) is 9.04. The summed E-state index contributed by atoms with van der Waals surface area (Å²) in [4.78, 5) is 28.8. The Morgan fingerprint density at radius 3 is 2.74 bits per heavy atom. The topological polar surface area (TPSA) is 123 Å². The highest BCUT2D eigenvalue weighted by Crippen LogP contribution is 2.45. The number of thioether (sulfide) groups is 1. The number of amides is 1. The van der Waals surface area contributed by atoms with E-state index in [1.54, 1.807) is 29.2 Å². The zero-order chi connectivity index (χ0) is 24.5. The van der Waals surface area contributed by atoms with Gasteiger partial charge < -0.3 is 19.5 Å². The number of fused-ring (bicyclic) bond motifs is 1. The third kappa shape index (κ3) is 5.72. The van der Waals surface area contributed by atoms with Crippen molar-refractivity contribution in [2.75, 3.05) is 29.6 Å². The summed E-state index contributed by atoms with van der Waals surface area (Å²) < 4.78 is 35.7. The normalized spacial score (nSPS) is 22.1. The second-order valence-corrected chi connectivity index (χ2v) is 11.7. The first kappa shape index (κ1) is 24.5. The number of ether oxygens (including phenoxy) is 2.